The third kappa shape index (κ3) is 0.899. The summed E-state index contributed by atoms with van der Waals surface area (Å²) in [6, 6.07) is 0. The van der Waals surface area contributed by atoms with Gasteiger partial charge in [-0.25, -0.2) is 5.01 Å². The van der Waals surface area contributed by atoms with E-state index in [2.05, 4.69) is 5.43 Å². The van der Waals surface area contributed by atoms with E-state index in [1.807, 2.05) is 5.01 Å². The van der Waals surface area contributed by atoms with Gasteiger partial charge < -0.3 is 0 Å². The smallest absolute Gasteiger partial charge is 0.221 e. The van der Waals surface area contributed by atoms with Gasteiger partial charge in [-0.05, 0) is 6.42 Å². The first kappa shape index (κ1) is 4.59. The van der Waals surface area contributed by atoms with Gasteiger partial charge in [-0.3, -0.25) is 10.2 Å². The second-order valence-corrected chi connectivity index (χ2v) is 1.59. The van der Waals surface area contributed by atoms with Crippen LogP contribution in [-0.4, -0.2) is 24.5 Å². The van der Waals surface area contributed by atoms with Crippen LogP contribution in [0.1, 0.15) is 6.42 Å². The first-order valence-electron chi connectivity index (χ1n) is 2.38. The quantitative estimate of drug-likeness (QED) is 0.468. The van der Waals surface area contributed by atoms with Crippen molar-refractivity contribution < 1.29 is 4.79 Å². The molecule has 7 heavy (non-hydrogen) atoms. The molecule has 0 saturated carbocycles. The molecule has 1 amide bonds. The van der Waals surface area contributed by atoms with Gasteiger partial charge >= 0.3 is 0 Å². The summed E-state index contributed by atoms with van der Waals surface area (Å²) in [5, 5.41) is 1.87. The lowest BCUT2D eigenvalue weighted by Gasteiger charge is -2.28. The van der Waals surface area contributed by atoms with Crippen LogP contribution in [0.4, 0.5) is 0 Å². The van der Waals surface area contributed by atoms with Crippen molar-refractivity contribution in [3.05, 3.63) is 0 Å². The van der Waals surface area contributed by atoms with E-state index in [-0.39, 0.29) is 0 Å². The van der Waals surface area contributed by atoms with E-state index in [9.17, 15) is 4.79 Å². The summed E-state index contributed by atoms with van der Waals surface area (Å²) in [6.45, 7) is 2.03. The molecule has 40 valence electrons. The number of nitrogens with zero attached hydrogens (tertiary/aromatic N) is 1. The molecule has 0 unspecified atom stereocenters. The Morgan fingerprint density at radius 1 is 1.57 bits per heavy atom. The highest BCUT2D eigenvalue weighted by Gasteiger charge is 2.10. The van der Waals surface area contributed by atoms with E-state index in [0.717, 1.165) is 13.1 Å². The van der Waals surface area contributed by atoms with Crippen LogP contribution in [-0.2, 0) is 4.79 Å². The number of amides is 1. The van der Waals surface area contributed by atoms with Gasteiger partial charge in [-0.15, -0.1) is 0 Å². The Hall–Kier alpha value is -0.570. The lowest BCUT2D eigenvalue weighted by Crippen LogP contribution is -2.46. The highest BCUT2D eigenvalue weighted by atomic mass is 16.1. The average molecular weight is 100 g/mol. The van der Waals surface area contributed by atoms with E-state index in [0.29, 0.717) is 6.41 Å². The van der Waals surface area contributed by atoms with Crippen LogP contribution in [0.25, 0.3) is 0 Å². The van der Waals surface area contributed by atoms with Crippen molar-refractivity contribution >= 4 is 6.41 Å². The number of carbonyl (C=O) groups is 1. The Balaban J connectivity index is 2.03. The average Bonchev–Trinajstić information content (AvgIpc) is 1.55. The van der Waals surface area contributed by atoms with Crippen LogP contribution in [0.5, 0.6) is 0 Å². The van der Waals surface area contributed by atoms with Crippen LogP contribution in [0.3, 0.4) is 0 Å². The normalized spacial score (nSPS) is 20.6. The molecule has 1 saturated heterocycles. The molecule has 0 aromatic rings. The summed E-state index contributed by atoms with van der Waals surface area (Å²) in [6.07, 6.45) is 1.92. The minimum absolute atomic E-state index is 0.708. The lowest BCUT2D eigenvalue weighted by molar-refractivity contribution is -0.115. The Bertz CT molecular complexity index is 70.1. The highest BCUT2D eigenvalue weighted by Crippen LogP contribution is 1.98. The third-order valence-corrected chi connectivity index (χ3v) is 1.09. The Morgan fingerprint density at radius 3 is 2.43 bits per heavy atom. The van der Waals surface area contributed by atoms with Crippen molar-refractivity contribution in [2.75, 3.05) is 13.1 Å². The molecule has 3 nitrogen and oxygen atoms in total. The maximum atomic E-state index is 9.66. The fourth-order valence-electron chi connectivity index (χ4n) is 0.520. The summed E-state index contributed by atoms with van der Waals surface area (Å²) >= 11 is 0. The second-order valence-electron chi connectivity index (χ2n) is 1.59. The maximum Gasteiger partial charge on any atom is 0.221 e. The Kier molecular flexibility index (Phi) is 1.26. The van der Waals surface area contributed by atoms with Gasteiger partial charge in [0.2, 0.25) is 6.41 Å². The van der Waals surface area contributed by atoms with Crippen LogP contribution in [0.15, 0.2) is 0 Å². The minimum Gasteiger partial charge on any atom is -0.292 e. The Morgan fingerprint density at radius 2 is 2.29 bits per heavy atom. The number of rotatable bonds is 2. The van der Waals surface area contributed by atoms with Gasteiger partial charge in [-0.2, -0.15) is 0 Å². The van der Waals surface area contributed by atoms with Crippen LogP contribution in [0, 0.1) is 0 Å². The molecule has 1 heterocycles. The molecule has 0 bridgehead atoms. The fraction of sp³-hybridized carbons (Fsp3) is 0.750. The monoisotopic (exact) mass is 100 g/mol. The van der Waals surface area contributed by atoms with Crippen LogP contribution < -0.4 is 5.43 Å². The van der Waals surface area contributed by atoms with Gasteiger partial charge in [0.25, 0.3) is 0 Å². The number of nitrogens with one attached hydrogen (secondary N) is 1. The molecular formula is C4H8N2O. The molecular weight excluding hydrogens is 92.1 g/mol. The van der Waals surface area contributed by atoms with Gasteiger partial charge in [0.05, 0.1) is 0 Å². The largest absolute Gasteiger partial charge is 0.292 e. The molecule has 1 fully saturated rings. The molecule has 0 aliphatic carbocycles. The van der Waals surface area contributed by atoms with Crippen molar-refractivity contribution in [3.63, 3.8) is 0 Å². The number of carbonyl (C=O) groups excluding carboxylic acids is 1. The van der Waals surface area contributed by atoms with E-state index in [1.54, 1.807) is 0 Å². The maximum absolute atomic E-state index is 9.66. The zero-order chi connectivity index (χ0) is 5.11. The van der Waals surface area contributed by atoms with Crippen molar-refractivity contribution in [1.82, 2.24) is 10.4 Å². The molecule has 0 radical (unpaired) electrons. The van der Waals surface area contributed by atoms with E-state index in [1.165, 1.54) is 6.42 Å². The van der Waals surface area contributed by atoms with Crippen molar-refractivity contribution in [2.45, 2.75) is 6.42 Å². The Labute approximate surface area is 42.3 Å². The van der Waals surface area contributed by atoms with Gasteiger partial charge in [0, 0.05) is 13.1 Å². The van der Waals surface area contributed by atoms with Crippen molar-refractivity contribution in [1.29, 1.82) is 0 Å². The molecule has 1 aliphatic heterocycles. The van der Waals surface area contributed by atoms with E-state index >= 15 is 0 Å². The standard InChI is InChI=1S/C4H8N2O/c7-4-5-6-2-1-3-6/h4H,1-3H2,(H,5,7). The molecule has 1 aliphatic rings. The zero-order valence-electron chi connectivity index (χ0n) is 4.05. The molecule has 0 aromatic carbocycles. The molecule has 3 heteroatoms. The molecule has 1 rings (SSSR count). The predicted molar refractivity (Wildman–Crippen MR) is 25.4 cm³/mol. The minimum atomic E-state index is 0.708. The third-order valence-electron chi connectivity index (χ3n) is 1.09. The molecule has 0 atom stereocenters. The molecule has 0 spiro atoms. The molecule has 0 aromatic heterocycles. The van der Waals surface area contributed by atoms with Crippen LogP contribution >= 0.6 is 0 Å². The zero-order valence-corrected chi connectivity index (χ0v) is 4.05. The SMILES string of the molecule is O=CNN1CCC1. The van der Waals surface area contributed by atoms with Gasteiger partial charge in [0.1, 0.15) is 0 Å². The summed E-state index contributed by atoms with van der Waals surface area (Å²) in [5.41, 5.74) is 2.53. The van der Waals surface area contributed by atoms with E-state index in [4.69, 9.17) is 0 Å². The van der Waals surface area contributed by atoms with Crippen molar-refractivity contribution in [2.24, 2.45) is 0 Å². The number of hydrogen-bond acceptors (Lipinski definition) is 2. The lowest BCUT2D eigenvalue weighted by atomic mass is 10.3. The van der Waals surface area contributed by atoms with Crippen molar-refractivity contribution in [3.8, 4) is 0 Å². The van der Waals surface area contributed by atoms with Crippen LogP contribution in [0.2, 0.25) is 0 Å². The van der Waals surface area contributed by atoms with Gasteiger partial charge in [-0.1, -0.05) is 0 Å². The summed E-state index contributed by atoms with van der Waals surface area (Å²) < 4.78 is 0. The predicted octanol–water partition coefficient (Wildman–Crippen LogP) is -0.647. The first-order chi connectivity index (χ1) is 3.43. The fourth-order valence-corrected chi connectivity index (χ4v) is 0.520. The van der Waals surface area contributed by atoms with E-state index < -0.39 is 0 Å². The topological polar surface area (TPSA) is 32.3 Å². The number of hydrogen-bond donors (Lipinski definition) is 1. The highest BCUT2D eigenvalue weighted by molar-refractivity contribution is 5.45. The number of hydrazine groups is 1. The first-order valence-corrected chi connectivity index (χ1v) is 2.38. The summed E-state index contributed by atoms with van der Waals surface area (Å²) in [7, 11) is 0. The summed E-state index contributed by atoms with van der Waals surface area (Å²) in [5.74, 6) is 0. The second kappa shape index (κ2) is 1.93. The van der Waals surface area contributed by atoms with Gasteiger partial charge in [0.15, 0.2) is 0 Å². The summed E-state index contributed by atoms with van der Waals surface area (Å²) in [4.78, 5) is 9.66. The molecule has 1 N–H and O–H groups in total.